The smallest absolute Gasteiger partial charge is 0.277 e. The van der Waals surface area contributed by atoms with Gasteiger partial charge in [-0.3, -0.25) is 0 Å². The fraction of sp³-hybridized carbons (Fsp3) is 0.100. The lowest BCUT2D eigenvalue weighted by atomic mass is 10.0. The van der Waals surface area contributed by atoms with Gasteiger partial charge in [0.05, 0.1) is 17.1 Å². The Kier molecular flexibility index (Phi) is 4.82. The molecule has 0 bridgehead atoms. The van der Waals surface area contributed by atoms with Crippen molar-refractivity contribution in [3.8, 4) is 11.5 Å². The van der Waals surface area contributed by atoms with E-state index in [9.17, 15) is 0 Å². The van der Waals surface area contributed by atoms with Gasteiger partial charge in [-0.05, 0) is 36.2 Å². The third-order valence-electron chi connectivity index (χ3n) is 3.99. The highest BCUT2D eigenvalue weighted by atomic mass is 35.5. The standard InChI is InChI=1S/C20H15ClN2O2S/c1-13-17(11-12-24-13)19-22-23-20(25-19)26-18(14-5-3-2-4-6-14)15-7-9-16(21)10-8-15/h2-12,18H,1H3/t18-/m1/s1. The van der Waals surface area contributed by atoms with Gasteiger partial charge in [0, 0.05) is 5.02 Å². The van der Waals surface area contributed by atoms with Gasteiger partial charge < -0.3 is 8.83 Å². The Labute approximate surface area is 160 Å². The Morgan fingerprint density at radius 3 is 2.35 bits per heavy atom. The van der Waals surface area contributed by atoms with Crippen LogP contribution in [0.15, 0.2) is 81.0 Å². The number of rotatable bonds is 5. The molecule has 0 aliphatic heterocycles. The zero-order valence-corrected chi connectivity index (χ0v) is 15.5. The average Bonchev–Trinajstić information content (AvgIpc) is 3.30. The van der Waals surface area contributed by atoms with E-state index in [-0.39, 0.29) is 5.25 Å². The molecule has 26 heavy (non-hydrogen) atoms. The summed E-state index contributed by atoms with van der Waals surface area (Å²) >= 11 is 7.55. The molecule has 1 atom stereocenters. The number of furan rings is 1. The van der Waals surface area contributed by atoms with Crippen LogP contribution in [0, 0.1) is 6.92 Å². The zero-order valence-electron chi connectivity index (χ0n) is 13.9. The monoisotopic (exact) mass is 382 g/mol. The Bertz CT molecular complexity index is 996. The summed E-state index contributed by atoms with van der Waals surface area (Å²) in [6, 6.07) is 19.9. The van der Waals surface area contributed by atoms with Gasteiger partial charge in [-0.15, -0.1) is 10.2 Å². The number of hydrogen-bond donors (Lipinski definition) is 0. The normalized spacial score (nSPS) is 12.2. The molecule has 2 heterocycles. The number of benzene rings is 2. The van der Waals surface area contributed by atoms with Gasteiger partial charge >= 0.3 is 0 Å². The van der Waals surface area contributed by atoms with Crippen LogP contribution in [0.3, 0.4) is 0 Å². The molecule has 0 amide bonds. The molecule has 4 rings (SSSR count). The SMILES string of the molecule is Cc1occc1-c1nnc(S[C@H](c2ccccc2)c2ccc(Cl)cc2)o1. The van der Waals surface area contributed by atoms with Crippen LogP contribution in [-0.4, -0.2) is 10.2 Å². The Morgan fingerprint density at radius 2 is 1.65 bits per heavy atom. The lowest BCUT2D eigenvalue weighted by Gasteiger charge is -2.15. The molecule has 0 saturated heterocycles. The minimum Gasteiger partial charge on any atom is -0.469 e. The molecule has 0 saturated carbocycles. The van der Waals surface area contributed by atoms with Crippen LogP contribution in [0.5, 0.6) is 0 Å². The molecular formula is C20H15ClN2O2S. The molecule has 2 aromatic heterocycles. The largest absolute Gasteiger partial charge is 0.469 e. The van der Waals surface area contributed by atoms with Crippen molar-refractivity contribution < 1.29 is 8.83 Å². The number of halogens is 1. The Hall–Kier alpha value is -2.50. The molecule has 0 radical (unpaired) electrons. The first-order valence-electron chi connectivity index (χ1n) is 8.06. The van der Waals surface area contributed by atoms with E-state index in [1.807, 2.05) is 55.5 Å². The van der Waals surface area contributed by atoms with Crippen molar-refractivity contribution >= 4 is 23.4 Å². The van der Waals surface area contributed by atoms with Gasteiger partial charge in [-0.1, -0.05) is 65.8 Å². The summed E-state index contributed by atoms with van der Waals surface area (Å²) in [4.78, 5) is 0. The van der Waals surface area contributed by atoms with E-state index in [1.165, 1.54) is 11.8 Å². The molecule has 0 aliphatic rings. The molecule has 0 N–H and O–H groups in total. The highest BCUT2D eigenvalue weighted by Gasteiger charge is 2.20. The topological polar surface area (TPSA) is 52.1 Å². The number of nitrogens with zero attached hydrogens (tertiary/aromatic N) is 2. The van der Waals surface area contributed by atoms with Crippen molar-refractivity contribution in [2.75, 3.05) is 0 Å². The predicted octanol–water partition coefficient (Wildman–Crippen LogP) is 6.17. The van der Waals surface area contributed by atoms with E-state index in [2.05, 4.69) is 22.3 Å². The number of thioether (sulfide) groups is 1. The number of hydrogen-bond acceptors (Lipinski definition) is 5. The summed E-state index contributed by atoms with van der Waals surface area (Å²) in [7, 11) is 0. The fourth-order valence-electron chi connectivity index (χ4n) is 2.67. The predicted molar refractivity (Wildman–Crippen MR) is 102 cm³/mol. The first-order chi connectivity index (χ1) is 12.7. The highest BCUT2D eigenvalue weighted by Crippen LogP contribution is 2.41. The zero-order chi connectivity index (χ0) is 17.9. The minimum atomic E-state index is 0.0206. The van der Waals surface area contributed by atoms with Crippen molar-refractivity contribution in [1.29, 1.82) is 0 Å². The van der Waals surface area contributed by atoms with E-state index in [4.69, 9.17) is 20.4 Å². The van der Waals surface area contributed by atoms with Crippen LogP contribution in [0.4, 0.5) is 0 Å². The van der Waals surface area contributed by atoms with Crippen molar-refractivity contribution in [3.05, 3.63) is 88.8 Å². The van der Waals surface area contributed by atoms with Gasteiger partial charge in [-0.25, -0.2) is 0 Å². The van der Waals surface area contributed by atoms with Crippen LogP contribution in [0.1, 0.15) is 22.1 Å². The van der Waals surface area contributed by atoms with Gasteiger partial charge in [-0.2, -0.15) is 0 Å². The van der Waals surface area contributed by atoms with Crippen molar-refractivity contribution in [2.24, 2.45) is 0 Å². The van der Waals surface area contributed by atoms with E-state index < -0.39 is 0 Å². The third-order valence-corrected chi connectivity index (χ3v) is 5.39. The minimum absolute atomic E-state index is 0.0206. The molecule has 130 valence electrons. The van der Waals surface area contributed by atoms with Crippen LogP contribution in [-0.2, 0) is 0 Å². The molecule has 2 aromatic carbocycles. The summed E-state index contributed by atoms with van der Waals surface area (Å²) in [5.74, 6) is 1.21. The highest BCUT2D eigenvalue weighted by molar-refractivity contribution is 7.99. The van der Waals surface area contributed by atoms with E-state index in [0.29, 0.717) is 16.1 Å². The maximum Gasteiger partial charge on any atom is 0.277 e. The molecule has 4 aromatic rings. The van der Waals surface area contributed by atoms with E-state index >= 15 is 0 Å². The van der Waals surface area contributed by atoms with Gasteiger partial charge in [0.15, 0.2) is 0 Å². The van der Waals surface area contributed by atoms with Crippen molar-refractivity contribution in [2.45, 2.75) is 17.4 Å². The summed E-state index contributed by atoms with van der Waals surface area (Å²) in [6.45, 7) is 1.87. The molecular weight excluding hydrogens is 368 g/mol. The molecule has 0 aliphatic carbocycles. The van der Waals surface area contributed by atoms with Crippen molar-refractivity contribution in [3.63, 3.8) is 0 Å². The maximum atomic E-state index is 6.04. The number of aromatic nitrogens is 2. The Balaban J connectivity index is 1.66. The molecule has 0 fully saturated rings. The third kappa shape index (κ3) is 3.54. The lowest BCUT2D eigenvalue weighted by Crippen LogP contribution is -1.96. The summed E-state index contributed by atoms with van der Waals surface area (Å²) in [5.41, 5.74) is 3.08. The van der Waals surface area contributed by atoms with E-state index in [1.54, 1.807) is 6.26 Å². The second kappa shape index (κ2) is 7.40. The van der Waals surface area contributed by atoms with Gasteiger partial charge in [0.25, 0.3) is 11.1 Å². The van der Waals surface area contributed by atoms with E-state index in [0.717, 1.165) is 22.5 Å². The van der Waals surface area contributed by atoms with Gasteiger partial charge in [0.2, 0.25) is 0 Å². The molecule has 4 nitrogen and oxygen atoms in total. The first kappa shape index (κ1) is 16.9. The van der Waals surface area contributed by atoms with Crippen LogP contribution in [0.2, 0.25) is 5.02 Å². The van der Waals surface area contributed by atoms with Crippen molar-refractivity contribution in [1.82, 2.24) is 10.2 Å². The van der Waals surface area contributed by atoms with Gasteiger partial charge in [0.1, 0.15) is 5.76 Å². The molecule has 0 unspecified atom stereocenters. The van der Waals surface area contributed by atoms with Crippen LogP contribution in [0.25, 0.3) is 11.5 Å². The van der Waals surface area contributed by atoms with Crippen LogP contribution < -0.4 is 0 Å². The van der Waals surface area contributed by atoms with Crippen LogP contribution >= 0.6 is 23.4 Å². The summed E-state index contributed by atoms with van der Waals surface area (Å²) < 4.78 is 11.2. The summed E-state index contributed by atoms with van der Waals surface area (Å²) in [5, 5.41) is 9.59. The maximum absolute atomic E-state index is 6.04. The lowest BCUT2D eigenvalue weighted by molar-refractivity contribution is 0.463. The average molecular weight is 383 g/mol. The molecule has 6 heteroatoms. The summed E-state index contributed by atoms with van der Waals surface area (Å²) in [6.07, 6.45) is 1.61. The second-order valence-corrected chi connectivity index (χ2v) is 7.22. The first-order valence-corrected chi connectivity index (χ1v) is 9.31. The fourth-order valence-corrected chi connectivity index (χ4v) is 3.80. The second-order valence-electron chi connectivity index (χ2n) is 5.72. The number of aryl methyl sites for hydroxylation is 1. The molecule has 0 spiro atoms. The Morgan fingerprint density at radius 1 is 0.923 bits per heavy atom. The quantitative estimate of drug-likeness (QED) is 0.386.